The van der Waals surface area contributed by atoms with E-state index in [1.807, 2.05) is 0 Å². The van der Waals surface area contributed by atoms with Gasteiger partial charge < -0.3 is 10.4 Å². The largest absolute Gasteiger partial charge is 0.478 e. The van der Waals surface area contributed by atoms with Crippen LogP contribution in [-0.4, -0.2) is 11.1 Å². The monoisotopic (exact) mass is 277 g/mol. The van der Waals surface area contributed by atoms with Crippen molar-refractivity contribution in [2.45, 2.75) is 13.0 Å². The van der Waals surface area contributed by atoms with E-state index in [1.54, 1.807) is 25.1 Å². The fourth-order valence-electron chi connectivity index (χ4n) is 1.91. The minimum absolute atomic E-state index is 0.0284. The normalized spacial score (nSPS) is 11.9. The summed E-state index contributed by atoms with van der Waals surface area (Å²) in [6.45, 7) is 1.67. The maximum atomic E-state index is 13.7. The van der Waals surface area contributed by atoms with E-state index in [2.05, 4.69) is 5.32 Å². The molecule has 0 radical (unpaired) electrons. The lowest BCUT2D eigenvalue weighted by Gasteiger charge is -2.17. The van der Waals surface area contributed by atoms with Crippen LogP contribution in [0.15, 0.2) is 42.5 Å². The molecule has 0 aliphatic rings. The van der Waals surface area contributed by atoms with Crippen molar-refractivity contribution < 1.29 is 18.7 Å². The summed E-state index contributed by atoms with van der Waals surface area (Å²) in [5.41, 5.74) is 0.378. The zero-order valence-corrected chi connectivity index (χ0v) is 10.7. The Balaban J connectivity index is 2.28. The summed E-state index contributed by atoms with van der Waals surface area (Å²) in [4.78, 5) is 10.9. The Morgan fingerprint density at radius 3 is 2.50 bits per heavy atom. The fourth-order valence-corrected chi connectivity index (χ4v) is 1.91. The first kappa shape index (κ1) is 14.0. The fraction of sp³-hybridized carbons (Fsp3) is 0.133. The van der Waals surface area contributed by atoms with Crippen molar-refractivity contribution in [2.75, 3.05) is 5.32 Å². The number of carboxylic acid groups (broad SMARTS) is 1. The van der Waals surface area contributed by atoms with Crippen LogP contribution < -0.4 is 5.32 Å². The zero-order valence-electron chi connectivity index (χ0n) is 10.7. The second-order valence-electron chi connectivity index (χ2n) is 4.39. The number of rotatable bonds is 4. The Labute approximate surface area is 114 Å². The Morgan fingerprint density at radius 1 is 1.15 bits per heavy atom. The molecule has 0 aliphatic carbocycles. The van der Waals surface area contributed by atoms with E-state index in [-0.39, 0.29) is 11.3 Å². The molecule has 0 aliphatic heterocycles. The molecule has 1 unspecified atom stereocenters. The van der Waals surface area contributed by atoms with Crippen LogP contribution in [0.2, 0.25) is 0 Å². The summed E-state index contributed by atoms with van der Waals surface area (Å²) in [6, 6.07) is 9.10. The number of benzene rings is 2. The van der Waals surface area contributed by atoms with Crippen molar-refractivity contribution in [1.29, 1.82) is 0 Å². The summed E-state index contributed by atoms with van der Waals surface area (Å²) in [6.07, 6.45) is 0. The van der Waals surface area contributed by atoms with Crippen molar-refractivity contribution in [3.05, 3.63) is 65.2 Å². The van der Waals surface area contributed by atoms with Crippen molar-refractivity contribution in [3.63, 3.8) is 0 Å². The van der Waals surface area contributed by atoms with Crippen LogP contribution in [0.25, 0.3) is 0 Å². The highest BCUT2D eigenvalue weighted by atomic mass is 19.1. The van der Waals surface area contributed by atoms with Crippen LogP contribution in [0.4, 0.5) is 14.5 Å². The molecule has 20 heavy (non-hydrogen) atoms. The minimum Gasteiger partial charge on any atom is -0.478 e. The van der Waals surface area contributed by atoms with Gasteiger partial charge in [0.25, 0.3) is 0 Å². The van der Waals surface area contributed by atoms with Gasteiger partial charge in [-0.3, -0.25) is 0 Å². The smallest absolute Gasteiger partial charge is 0.335 e. The third kappa shape index (κ3) is 2.93. The molecule has 0 bridgehead atoms. The number of hydrogen-bond acceptors (Lipinski definition) is 2. The molecule has 0 heterocycles. The first-order chi connectivity index (χ1) is 9.49. The maximum absolute atomic E-state index is 13.7. The molecule has 0 aromatic heterocycles. The van der Waals surface area contributed by atoms with Crippen molar-refractivity contribution >= 4 is 11.7 Å². The number of carboxylic acids is 1. The van der Waals surface area contributed by atoms with Gasteiger partial charge >= 0.3 is 5.97 Å². The predicted octanol–water partition coefficient (Wildman–Crippen LogP) is 3.84. The molecule has 1 atom stereocenters. The Hall–Kier alpha value is -2.43. The van der Waals surface area contributed by atoms with Gasteiger partial charge in [-0.05, 0) is 31.2 Å². The molecule has 2 N–H and O–H groups in total. The lowest BCUT2D eigenvalue weighted by Crippen LogP contribution is -2.10. The van der Waals surface area contributed by atoms with Gasteiger partial charge in [0.15, 0.2) is 0 Å². The van der Waals surface area contributed by atoms with E-state index in [9.17, 15) is 13.6 Å². The number of anilines is 1. The Morgan fingerprint density at radius 2 is 1.85 bits per heavy atom. The molecule has 5 heteroatoms. The van der Waals surface area contributed by atoms with Gasteiger partial charge in [-0.1, -0.05) is 18.2 Å². The maximum Gasteiger partial charge on any atom is 0.335 e. The highest BCUT2D eigenvalue weighted by Gasteiger charge is 2.14. The summed E-state index contributed by atoms with van der Waals surface area (Å²) in [5.74, 6) is -2.13. The summed E-state index contributed by atoms with van der Waals surface area (Å²) >= 11 is 0. The van der Waals surface area contributed by atoms with Crippen molar-refractivity contribution in [1.82, 2.24) is 0 Å². The Kier molecular flexibility index (Phi) is 3.98. The van der Waals surface area contributed by atoms with Gasteiger partial charge in [-0.15, -0.1) is 0 Å². The van der Waals surface area contributed by atoms with Gasteiger partial charge in [0.2, 0.25) is 0 Å². The van der Waals surface area contributed by atoms with Crippen LogP contribution in [0, 0.1) is 11.6 Å². The van der Waals surface area contributed by atoms with Gasteiger partial charge in [0.1, 0.15) is 11.6 Å². The second-order valence-corrected chi connectivity index (χ2v) is 4.39. The van der Waals surface area contributed by atoms with Crippen molar-refractivity contribution in [3.8, 4) is 0 Å². The highest BCUT2D eigenvalue weighted by Crippen LogP contribution is 2.24. The van der Waals surface area contributed by atoms with E-state index in [4.69, 9.17) is 5.11 Å². The van der Waals surface area contributed by atoms with Crippen LogP contribution in [0.3, 0.4) is 0 Å². The van der Waals surface area contributed by atoms with E-state index in [0.29, 0.717) is 5.56 Å². The van der Waals surface area contributed by atoms with Crippen LogP contribution >= 0.6 is 0 Å². The number of nitrogens with one attached hydrogen (secondary N) is 1. The van der Waals surface area contributed by atoms with E-state index in [0.717, 1.165) is 6.07 Å². The zero-order chi connectivity index (χ0) is 14.7. The first-order valence-corrected chi connectivity index (χ1v) is 6.03. The van der Waals surface area contributed by atoms with Crippen LogP contribution in [0.1, 0.15) is 28.9 Å². The summed E-state index contributed by atoms with van der Waals surface area (Å²) < 4.78 is 27.3. The molecule has 3 nitrogen and oxygen atoms in total. The van der Waals surface area contributed by atoms with Gasteiger partial charge in [0, 0.05) is 5.56 Å². The van der Waals surface area contributed by atoms with Crippen molar-refractivity contribution in [2.24, 2.45) is 0 Å². The molecular weight excluding hydrogens is 264 g/mol. The number of aromatic carboxylic acids is 1. The Bertz CT molecular complexity index is 644. The third-order valence-electron chi connectivity index (χ3n) is 2.96. The highest BCUT2D eigenvalue weighted by molar-refractivity contribution is 5.88. The number of carbonyl (C=O) groups is 1. The predicted molar refractivity (Wildman–Crippen MR) is 71.8 cm³/mol. The molecule has 0 saturated carbocycles. The molecule has 0 fully saturated rings. The van der Waals surface area contributed by atoms with Crippen LogP contribution in [-0.2, 0) is 0 Å². The molecule has 0 saturated heterocycles. The van der Waals surface area contributed by atoms with Gasteiger partial charge in [0.05, 0.1) is 17.3 Å². The summed E-state index contributed by atoms with van der Waals surface area (Å²) in [5, 5.41) is 11.7. The molecule has 2 rings (SSSR count). The average Bonchev–Trinajstić information content (AvgIpc) is 2.41. The standard InChI is InChI=1S/C15H13F2NO2/c1-9(11-4-2-3-5-12(11)16)18-14-8-10(15(19)20)6-7-13(14)17/h2-9,18H,1H3,(H,19,20). The third-order valence-corrected chi connectivity index (χ3v) is 2.96. The average molecular weight is 277 g/mol. The molecule has 2 aromatic rings. The lowest BCUT2D eigenvalue weighted by atomic mass is 10.1. The lowest BCUT2D eigenvalue weighted by molar-refractivity contribution is 0.0697. The van der Waals surface area contributed by atoms with E-state index >= 15 is 0 Å². The number of halogens is 2. The van der Waals surface area contributed by atoms with Gasteiger partial charge in [-0.2, -0.15) is 0 Å². The number of hydrogen-bond donors (Lipinski definition) is 2. The first-order valence-electron chi connectivity index (χ1n) is 6.03. The molecular formula is C15H13F2NO2. The molecule has 0 spiro atoms. The quantitative estimate of drug-likeness (QED) is 0.892. The van der Waals surface area contributed by atoms with E-state index in [1.165, 1.54) is 18.2 Å². The molecule has 2 aromatic carbocycles. The van der Waals surface area contributed by atoms with Gasteiger partial charge in [-0.25, -0.2) is 13.6 Å². The van der Waals surface area contributed by atoms with Crippen LogP contribution in [0.5, 0.6) is 0 Å². The van der Waals surface area contributed by atoms with E-state index < -0.39 is 23.6 Å². The molecule has 0 amide bonds. The molecule has 104 valence electrons. The minimum atomic E-state index is -1.15. The SMILES string of the molecule is CC(Nc1cc(C(=O)O)ccc1F)c1ccccc1F. The summed E-state index contributed by atoms with van der Waals surface area (Å²) in [7, 11) is 0. The topological polar surface area (TPSA) is 49.3 Å². The second kappa shape index (κ2) is 5.69.